The van der Waals surface area contributed by atoms with Gasteiger partial charge in [-0.15, -0.1) is 0 Å². The number of hydrogen-bond acceptors (Lipinski definition) is 4. The lowest BCUT2D eigenvalue weighted by atomic mass is 9.98. The maximum Gasteiger partial charge on any atom is 0.257 e. The van der Waals surface area contributed by atoms with Gasteiger partial charge in [-0.2, -0.15) is 0 Å². The average molecular weight is 276 g/mol. The fourth-order valence-electron chi connectivity index (χ4n) is 2.55. The van der Waals surface area contributed by atoms with Gasteiger partial charge in [0, 0.05) is 25.1 Å². The average Bonchev–Trinajstić information content (AvgIpc) is 2.76. The molecule has 1 aliphatic heterocycles. The first-order chi connectivity index (χ1) is 9.61. The first kappa shape index (κ1) is 14.3. The first-order valence-electron chi connectivity index (χ1n) is 6.71. The molecule has 0 saturated carbocycles. The lowest BCUT2D eigenvalue weighted by Crippen LogP contribution is -2.45. The second kappa shape index (κ2) is 6.38. The zero-order chi connectivity index (χ0) is 14.5. The molecule has 0 radical (unpaired) electrons. The Morgan fingerprint density at radius 1 is 1.35 bits per heavy atom. The van der Waals surface area contributed by atoms with Gasteiger partial charge in [0.05, 0.1) is 6.54 Å². The van der Waals surface area contributed by atoms with Crippen LogP contribution in [-0.4, -0.2) is 31.4 Å². The summed E-state index contributed by atoms with van der Waals surface area (Å²) in [6, 6.07) is 8.06. The molecule has 1 heterocycles. The van der Waals surface area contributed by atoms with Crippen LogP contribution in [0.3, 0.4) is 0 Å². The normalized spacial score (nSPS) is 16.7. The van der Waals surface area contributed by atoms with Crippen LogP contribution >= 0.6 is 0 Å². The number of carbonyl (C=O) groups is 2. The Kier molecular flexibility index (Phi) is 4.57. The third-order valence-corrected chi connectivity index (χ3v) is 3.39. The third kappa shape index (κ3) is 3.27. The van der Waals surface area contributed by atoms with Gasteiger partial charge >= 0.3 is 0 Å². The van der Waals surface area contributed by atoms with Gasteiger partial charge in [-0.1, -0.05) is 18.2 Å². The number of hydrogen-bond donors (Lipinski definition) is 3. The highest BCUT2D eigenvalue weighted by atomic mass is 16.2. The van der Waals surface area contributed by atoms with Crippen LogP contribution in [0.15, 0.2) is 24.3 Å². The minimum absolute atomic E-state index is 0.221. The number of hydrazine groups is 1. The Morgan fingerprint density at radius 2 is 2.10 bits per heavy atom. The molecule has 6 nitrogen and oxygen atoms in total. The molecule has 1 aromatic rings. The number of fused-ring (bicyclic) bond motifs is 1. The molecule has 0 fully saturated rings. The van der Waals surface area contributed by atoms with E-state index in [-0.39, 0.29) is 18.4 Å². The summed E-state index contributed by atoms with van der Waals surface area (Å²) >= 11 is 0. The standard InChI is InChI=1S/C14H20N4O2/c1-10(19)16-17-14(20)9-18-8-11(6-7-15)12-4-2-3-5-13(12)18/h2-5,11H,6-9,15H2,1H3,(H,16,19)(H,17,20). The lowest BCUT2D eigenvalue weighted by molar-refractivity contribution is -0.127. The van der Waals surface area contributed by atoms with Gasteiger partial charge in [0.1, 0.15) is 0 Å². The van der Waals surface area contributed by atoms with E-state index >= 15 is 0 Å². The van der Waals surface area contributed by atoms with Crippen molar-refractivity contribution in [1.82, 2.24) is 10.9 Å². The van der Waals surface area contributed by atoms with E-state index in [4.69, 9.17) is 5.73 Å². The fraction of sp³-hybridized carbons (Fsp3) is 0.429. The molecule has 0 saturated heterocycles. The largest absolute Gasteiger partial charge is 0.361 e. The van der Waals surface area contributed by atoms with Crippen molar-refractivity contribution in [2.45, 2.75) is 19.3 Å². The van der Waals surface area contributed by atoms with Crippen molar-refractivity contribution in [1.29, 1.82) is 0 Å². The van der Waals surface area contributed by atoms with Crippen molar-refractivity contribution in [2.24, 2.45) is 5.73 Å². The molecule has 2 amide bonds. The Morgan fingerprint density at radius 3 is 2.80 bits per heavy atom. The van der Waals surface area contributed by atoms with Gasteiger partial charge in [-0.3, -0.25) is 20.4 Å². The molecular formula is C14H20N4O2. The highest BCUT2D eigenvalue weighted by molar-refractivity contribution is 5.84. The number of rotatable bonds is 4. The van der Waals surface area contributed by atoms with Crippen molar-refractivity contribution in [3.8, 4) is 0 Å². The van der Waals surface area contributed by atoms with E-state index < -0.39 is 0 Å². The highest BCUT2D eigenvalue weighted by Gasteiger charge is 2.28. The second-order valence-corrected chi connectivity index (χ2v) is 4.94. The number of para-hydroxylation sites is 1. The van der Waals surface area contributed by atoms with Crippen LogP contribution in [0.4, 0.5) is 5.69 Å². The van der Waals surface area contributed by atoms with Gasteiger partial charge in [0.25, 0.3) is 5.91 Å². The predicted octanol–water partition coefficient (Wildman–Crippen LogP) is 0.106. The molecule has 6 heteroatoms. The molecule has 2 rings (SSSR count). The minimum atomic E-state index is -0.291. The molecule has 0 aromatic heterocycles. The lowest BCUT2D eigenvalue weighted by Gasteiger charge is -2.19. The molecule has 20 heavy (non-hydrogen) atoms. The van der Waals surface area contributed by atoms with Gasteiger partial charge < -0.3 is 10.6 Å². The van der Waals surface area contributed by atoms with E-state index in [1.165, 1.54) is 12.5 Å². The van der Waals surface area contributed by atoms with Crippen molar-refractivity contribution in [3.63, 3.8) is 0 Å². The minimum Gasteiger partial charge on any atom is -0.361 e. The quantitative estimate of drug-likeness (QED) is 0.681. The molecule has 1 atom stereocenters. The van der Waals surface area contributed by atoms with E-state index in [1.54, 1.807) is 0 Å². The van der Waals surface area contributed by atoms with E-state index in [2.05, 4.69) is 16.9 Å². The van der Waals surface area contributed by atoms with Crippen LogP contribution < -0.4 is 21.5 Å². The van der Waals surface area contributed by atoms with Crippen LogP contribution in [0.1, 0.15) is 24.8 Å². The number of amides is 2. The second-order valence-electron chi connectivity index (χ2n) is 4.94. The van der Waals surface area contributed by atoms with Crippen molar-refractivity contribution in [2.75, 3.05) is 24.5 Å². The molecule has 0 aliphatic carbocycles. The SMILES string of the molecule is CC(=O)NNC(=O)CN1CC(CCN)c2ccccc21. The number of benzene rings is 1. The van der Waals surface area contributed by atoms with Crippen molar-refractivity contribution in [3.05, 3.63) is 29.8 Å². The van der Waals surface area contributed by atoms with Gasteiger partial charge in [0.15, 0.2) is 0 Å². The van der Waals surface area contributed by atoms with Crippen LogP contribution in [0, 0.1) is 0 Å². The summed E-state index contributed by atoms with van der Waals surface area (Å²) in [5.74, 6) is -0.158. The Hall–Kier alpha value is -2.08. The van der Waals surface area contributed by atoms with Gasteiger partial charge in [0.2, 0.25) is 5.91 Å². The molecule has 1 unspecified atom stereocenters. The van der Waals surface area contributed by atoms with Crippen LogP contribution in [0.5, 0.6) is 0 Å². The zero-order valence-electron chi connectivity index (χ0n) is 11.6. The first-order valence-corrected chi connectivity index (χ1v) is 6.71. The van der Waals surface area contributed by atoms with Crippen LogP contribution in [-0.2, 0) is 9.59 Å². The number of anilines is 1. The van der Waals surface area contributed by atoms with E-state index in [9.17, 15) is 9.59 Å². The molecule has 1 aliphatic rings. The monoisotopic (exact) mass is 276 g/mol. The van der Waals surface area contributed by atoms with E-state index in [1.807, 2.05) is 23.1 Å². The summed E-state index contributed by atoms with van der Waals surface area (Å²) in [7, 11) is 0. The van der Waals surface area contributed by atoms with Gasteiger partial charge in [-0.05, 0) is 24.6 Å². The molecule has 0 bridgehead atoms. The Balaban J connectivity index is 2.03. The van der Waals surface area contributed by atoms with E-state index in [0.717, 1.165) is 18.7 Å². The maximum atomic E-state index is 11.8. The van der Waals surface area contributed by atoms with E-state index in [0.29, 0.717) is 12.5 Å². The maximum absolute atomic E-state index is 11.8. The summed E-state index contributed by atoms with van der Waals surface area (Å²) in [4.78, 5) is 24.6. The Labute approximate surface area is 118 Å². The number of nitrogens with one attached hydrogen (secondary N) is 2. The topological polar surface area (TPSA) is 87.5 Å². The van der Waals surface area contributed by atoms with Crippen molar-refractivity contribution >= 4 is 17.5 Å². The summed E-state index contributed by atoms with van der Waals surface area (Å²) < 4.78 is 0. The fourth-order valence-corrected chi connectivity index (χ4v) is 2.55. The Bertz CT molecular complexity index is 504. The van der Waals surface area contributed by atoms with Crippen LogP contribution in [0.2, 0.25) is 0 Å². The molecule has 0 spiro atoms. The predicted molar refractivity (Wildman–Crippen MR) is 77.0 cm³/mol. The number of carbonyl (C=O) groups excluding carboxylic acids is 2. The third-order valence-electron chi connectivity index (χ3n) is 3.39. The van der Waals surface area contributed by atoms with Gasteiger partial charge in [-0.25, -0.2) is 0 Å². The number of nitrogens with zero attached hydrogens (tertiary/aromatic N) is 1. The highest BCUT2D eigenvalue weighted by Crippen LogP contribution is 2.37. The molecule has 1 aromatic carbocycles. The summed E-state index contributed by atoms with van der Waals surface area (Å²) in [5, 5.41) is 0. The smallest absolute Gasteiger partial charge is 0.257 e. The summed E-state index contributed by atoms with van der Waals surface area (Å²) in [6.45, 7) is 2.98. The number of nitrogens with two attached hydrogens (primary N) is 1. The summed E-state index contributed by atoms with van der Waals surface area (Å²) in [6.07, 6.45) is 0.904. The van der Waals surface area contributed by atoms with Crippen molar-refractivity contribution < 1.29 is 9.59 Å². The summed E-state index contributed by atoms with van der Waals surface area (Å²) in [5.41, 5.74) is 12.6. The zero-order valence-corrected chi connectivity index (χ0v) is 11.6. The van der Waals surface area contributed by atoms with Crippen LogP contribution in [0.25, 0.3) is 0 Å². The molecule has 4 N–H and O–H groups in total. The molecular weight excluding hydrogens is 256 g/mol. The molecule has 108 valence electrons.